The van der Waals surface area contributed by atoms with Gasteiger partial charge in [0.1, 0.15) is 11.9 Å². The van der Waals surface area contributed by atoms with Crippen LogP contribution in [0.15, 0.2) is 39.9 Å². The van der Waals surface area contributed by atoms with Crippen LogP contribution in [0.1, 0.15) is 36.8 Å². The van der Waals surface area contributed by atoms with E-state index in [9.17, 15) is 24.4 Å². The first-order valence-corrected chi connectivity index (χ1v) is 14.2. The standard InChI is InChI=1S/C29H28ClFN6O5/c30-22-9-19(6-5-18(22)12-32)34-26(39)29(15-35(27(33)40)7-8-42-29)21-10-20-24(11-23(21)31)36(13-16-1-2-16)28(41)37(25(20)38)14-17-3-4-17/h5-6,9-11,16-17H,1-4,7-8,13-15H2,(H2,33,40)(H,34,39). The molecule has 11 nitrogen and oxygen atoms in total. The molecule has 0 spiro atoms. The van der Waals surface area contributed by atoms with Crippen LogP contribution in [0.2, 0.25) is 5.02 Å². The Morgan fingerprint density at radius 3 is 2.43 bits per heavy atom. The molecule has 6 rings (SSSR count). The van der Waals surface area contributed by atoms with Gasteiger partial charge in [-0.05, 0) is 67.9 Å². The predicted octanol–water partition coefficient (Wildman–Crippen LogP) is 2.89. The van der Waals surface area contributed by atoms with Crippen molar-refractivity contribution in [2.45, 2.75) is 44.4 Å². The lowest BCUT2D eigenvalue weighted by molar-refractivity contribution is -0.154. The van der Waals surface area contributed by atoms with Crippen molar-refractivity contribution >= 4 is 40.1 Å². The van der Waals surface area contributed by atoms with Gasteiger partial charge < -0.3 is 20.7 Å². The number of ether oxygens (including phenoxy) is 1. The summed E-state index contributed by atoms with van der Waals surface area (Å²) in [4.78, 5) is 54.4. The molecule has 3 aliphatic rings. The molecule has 3 aromatic rings. The minimum atomic E-state index is -2.10. The molecule has 2 heterocycles. The zero-order valence-electron chi connectivity index (χ0n) is 22.6. The SMILES string of the molecule is N#Cc1ccc(NC(=O)C2(c3cc4c(=O)n(CC5CC5)c(=O)n(CC5CC5)c4cc3F)CN(C(N)=O)CCO2)cc1Cl. The molecule has 2 saturated carbocycles. The van der Waals surface area contributed by atoms with Crippen LogP contribution in [-0.2, 0) is 28.2 Å². The summed E-state index contributed by atoms with van der Waals surface area (Å²) >= 11 is 6.15. The first-order valence-electron chi connectivity index (χ1n) is 13.8. The number of halogens is 2. The van der Waals surface area contributed by atoms with E-state index in [0.29, 0.717) is 6.54 Å². The first-order chi connectivity index (χ1) is 20.1. The van der Waals surface area contributed by atoms with E-state index in [2.05, 4.69) is 5.32 Å². The number of urea groups is 1. The second-order valence-electron chi connectivity index (χ2n) is 11.2. The lowest BCUT2D eigenvalue weighted by Gasteiger charge is -2.41. The highest BCUT2D eigenvalue weighted by atomic mass is 35.5. The number of amides is 3. The van der Waals surface area contributed by atoms with Crippen molar-refractivity contribution in [2.75, 3.05) is 25.0 Å². The van der Waals surface area contributed by atoms with Gasteiger partial charge in [0.05, 0.1) is 34.6 Å². The number of primary amides is 1. The Balaban J connectivity index is 1.52. The molecule has 1 saturated heterocycles. The molecule has 1 aromatic heterocycles. The van der Waals surface area contributed by atoms with E-state index in [-0.39, 0.29) is 64.3 Å². The highest BCUT2D eigenvalue weighted by Crippen LogP contribution is 2.37. The molecule has 1 unspecified atom stereocenters. The van der Waals surface area contributed by atoms with Crippen molar-refractivity contribution in [2.24, 2.45) is 17.6 Å². The Labute approximate surface area is 244 Å². The van der Waals surface area contributed by atoms with Crippen molar-refractivity contribution in [1.29, 1.82) is 5.26 Å². The average molecular weight is 595 g/mol. The number of benzene rings is 2. The van der Waals surface area contributed by atoms with Gasteiger partial charge in [-0.15, -0.1) is 0 Å². The molecule has 2 aliphatic carbocycles. The van der Waals surface area contributed by atoms with Gasteiger partial charge in [0, 0.05) is 30.9 Å². The van der Waals surface area contributed by atoms with Crippen molar-refractivity contribution in [3.63, 3.8) is 0 Å². The van der Waals surface area contributed by atoms with Crippen LogP contribution in [0.5, 0.6) is 0 Å². The summed E-state index contributed by atoms with van der Waals surface area (Å²) in [6.07, 6.45) is 3.71. The molecule has 0 bridgehead atoms. The maximum Gasteiger partial charge on any atom is 0.331 e. The Hall–Kier alpha value is -4.21. The summed E-state index contributed by atoms with van der Waals surface area (Å²) in [6, 6.07) is 7.69. The van der Waals surface area contributed by atoms with Gasteiger partial charge in [0.25, 0.3) is 11.5 Å². The number of anilines is 1. The molecule has 2 aromatic carbocycles. The lowest BCUT2D eigenvalue weighted by atomic mass is 9.88. The quantitative estimate of drug-likeness (QED) is 0.429. The van der Waals surface area contributed by atoms with E-state index in [1.807, 2.05) is 6.07 Å². The Kier molecular flexibility index (Phi) is 7.03. The van der Waals surface area contributed by atoms with Crippen molar-refractivity contribution in [3.8, 4) is 6.07 Å². The highest BCUT2D eigenvalue weighted by molar-refractivity contribution is 6.32. The minimum absolute atomic E-state index is 0.0668. The lowest BCUT2D eigenvalue weighted by Crippen LogP contribution is -2.58. The number of aromatic nitrogens is 2. The summed E-state index contributed by atoms with van der Waals surface area (Å²) in [7, 11) is 0. The molecule has 0 radical (unpaired) electrons. The summed E-state index contributed by atoms with van der Waals surface area (Å²) < 4.78 is 24.8. The fourth-order valence-electron chi connectivity index (χ4n) is 5.45. The third-order valence-electron chi connectivity index (χ3n) is 8.17. The van der Waals surface area contributed by atoms with Crippen LogP contribution in [-0.4, -0.2) is 45.7 Å². The number of fused-ring (bicyclic) bond motifs is 1. The molecule has 218 valence electrons. The van der Waals surface area contributed by atoms with E-state index >= 15 is 4.39 Å². The van der Waals surface area contributed by atoms with Gasteiger partial charge in [-0.25, -0.2) is 14.0 Å². The molecule has 3 amide bonds. The van der Waals surface area contributed by atoms with Gasteiger partial charge in [-0.2, -0.15) is 5.26 Å². The smallest absolute Gasteiger partial charge is 0.331 e. The van der Waals surface area contributed by atoms with E-state index in [1.165, 1.54) is 33.4 Å². The number of hydrogen-bond acceptors (Lipinski definition) is 6. The third-order valence-corrected chi connectivity index (χ3v) is 8.49. The van der Waals surface area contributed by atoms with Crippen molar-refractivity contribution in [3.05, 3.63) is 73.1 Å². The molecule has 1 atom stereocenters. The van der Waals surface area contributed by atoms with Gasteiger partial charge in [0.15, 0.2) is 5.60 Å². The Bertz CT molecular complexity index is 1790. The van der Waals surface area contributed by atoms with Crippen LogP contribution >= 0.6 is 11.6 Å². The summed E-state index contributed by atoms with van der Waals surface area (Å²) in [5.41, 5.74) is 2.66. The normalized spacial score (nSPS) is 20.4. The second-order valence-corrected chi connectivity index (χ2v) is 11.6. The van der Waals surface area contributed by atoms with E-state index in [1.54, 1.807) is 0 Å². The third kappa shape index (κ3) is 5.03. The van der Waals surface area contributed by atoms with Crippen LogP contribution in [0, 0.1) is 29.0 Å². The fraction of sp³-hybridized carbons (Fsp3) is 0.414. The Morgan fingerprint density at radius 1 is 1.12 bits per heavy atom. The fourth-order valence-corrected chi connectivity index (χ4v) is 5.68. The molecule has 13 heteroatoms. The minimum Gasteiger partial charge on any atom is -0.357 e. The molecule has 3 N–H and O–H groups in total. The van der Waals surface area contributed by atoms with Crippen LogP contribution in [0.3, 0.4) is 0 Å². The Morgan fingerprint density at radius 2 is 1.81 bits per heavy atom. The summed E-state index contributed by atoms with van der Waals surface area (Å²) in [5.74, 6) is -1.23. The van der Waals surface area contributed by atoms with Crippen LogP contribution in [0.4, 0.5) is 14.9 Å². The zero-order valence-corrected chi connectivity index (χ0v) is 23.3. The van der Waals surface area contributed by atoms with Crippen molar-refractivity contribution < 1.29 is 18.7 Å². The number of nitrogens with one attached hydrogen (secondary N) is 1. The molecule has 42 heavy (non-hydrogen) atoms. The number of rotatable bonds is 7. The largest absolute Gasteiger partial charge is 0.357 e. The number of carbonyl (C=O) groups excluding carboxylic acids is 2. The maximum absolute atomic E-state index is 16.2. The number of hydrogen-bond donors (Lipinski definition) is 2. The summed E-state index contributed by atoms with van der Waals surface area (Å²) in [5, 5.41) is 12.0. The van der Waals surface area contributed by atoms with E-state index in [0.717, 1.165) is 36.6 Å². The number of carbonyl (C=O) groups is 2. The van der Waals surface area contributed by atoms with Gasteiger partial charge in [0.2, 0.25) is 0 Å². The van der Waals surface area contributed by atoms with E-state index < -0.39 is 41.2 Å². The number of nitrogens with two attached hydrogens (primary N) is 1. The maximum atomic E-state index is 16.2. The van der Waals surface area contributed by atoms with Crippen LogP contribution < -0.4 is 22.3 Å². The topological polar surface area (TPSA) is 152 Å². The van der Waals surface area contributed by atoms with Gasteiger partial charge >= 0.3 is 11.7 Å². The first kappa shape index (κ1) is 27.9. The van der Waals surface area contributed by atoms with Gasteiger partial charge in [-0.3, -0.25) is 18.7 Å². The molecule has 1 aliphatic heterocycles. The highest BCUT2D eigenvalue weighted by Gasteiger charge is 2.48. The zero-order chi connectivity index (χ0) is 29.8. The van der Waals surface area contributed by atoms with Gasteiger partial charge in [-0.1, -0.05) is 11.6 Å². The molecular formula is C29H28ClFN6O5. The molecular weight excluding hydrogens is 567 g/mol. The molecule has 3 fully saturated rings. The predicted molar refractivity (Wildman–Crippen MR) is 151 cm³/mol. The average Bonchev–Trinajstić information content (AvgIpc) is 3.90. The monoisotopic (exact) mass is 594 g/mol. The second kappa shape index (κ2) is 10.6. The van der Waals surface area contributed by atoms with E-state index in [4.69, 9.17) is 22.1 Å². The number of nitrogens with zero attached hydrogens (tertiary/aromatic N) is 4. The number of morpholine rings is 1. The summed E-state index contributed by atoms with van der Waals surface area (Å²) in [6.45, 7) is 0.114. The van der Waals surface area contributed by atoms with Crippen LogP contribution in [0.25, 0.3) is 10.9 Å². The number of nitriles is 1. The van der Waals surface area contributed by atoms with Crippen molar-refractivity contribution in [1.82, 2.24) is 14.0 Å².